The average molecular weight is 371 g/mol. The van der Waals surface area contributed by atoms with Gasteiger partial charge < -0.3 is 10.1 Å². The van der Waals surface area contributed by atoms with Gasteiger partial charge in [0.2, 0.25) is 0 Å². The molecule has 1 aromatic heterocycles. The maximum Gasteiger partial charge on any atom is 0.261 e. The van der Waals surface area contributed by atoms with Crippen LogP contribution >= 0.6 is 11.3 Å². The minimum Gasteiger partial charge on any atom is -0.492 e. The lowest BCUT2D eigenvalue weighted by Crippen LogP contribution is -2.65. The van der Waals surface area contributed by atoms with Crippen molar-refractivity contribution in [2.24, 2.45) is 5.92 Å². The van der Waals surface area contributed by atoms with E-state index in [9.17, 15) is 4.79 Å². The molecule has 4 heterocycles. The number of nitrogens with zero attached hydrogens (tertiary/aromatic N) is 1. The molecule has 2 aromatic rings. The van der Waals surface area contributed by atoms with Crippen molar-refractivity contribution in [2.45, 2.75) is 50.6 Å². The number of carbonyl (C=O) groups excluding carboxylic acids is 1. The molecule has 0 radical (unpaired) electrons. The topological polar surface area (TPSA) is 41.6 Å². The van der Waals surface area contributed by atoms with Crippen LogP contribution in [0.25, 0.3) is 10.1 Å². The zero-order chi connectivity index (χ0) is 17.7. The van der Waals surface area contributed by atoms with Gasteiger partial charge in [0.15, 0.2) is 0 Å². The molecule has 1 aromatic carbocycles. The van der Waals surface area contributed by atoms with Gasteiger partial charge in [-0.2, -0.15) is 0 Å². The third kappa shape index (κ3) is 2.55. The van der Waals surface area contributed by atoms with E-state index in [1.165, 1.54) is 38.8 Å². The van der Waals surface area contributed by atoms with Gasteiger partial charge in [0.1, 0.15) is 5.75 Å². The first kappa shape index (κ1) is 16.6. The number of amides is 1. The van der Waals surface area contributed by atoms with Gasteiger partial charge in [-0.25, -0.2) is 0 Å². The van der Waals surface area contributed by atoms with Crippen LogP contribution in [0.2, 0.25) is 0 Å². The number of carbonyl (C=O) groups is 1. The van der Waals surface area contributed by atoms with Crippen molar-refractivity contribution in [1.82, 2.24) is 10.2 Å². The number of nitrogens with one attached hydrogen (secondary N) is 1. The predicted molar refractivity (Wildman–Crippen MR) is 105 cm³/mol. The van der Waals surface area contributed by atoms with Gasteiger partial charge in [0.25, 0.3) is 5.91 Å². The second-order valence-corrected chi connectivity index (χ2v) is 9.06. The van der Waals surface area contributed by atoms with Crippen LogP contribution in [0.15, 0.2) is 24.3 Å². The van der Waals surface area contributed by atoms with Crippen LogP contribution in [0, 0.1) is 5.92 Å². The summed E-state index contributed by atoms with van der Waals surface area (Å²) in [6.45, 7) is 5.26. The number of hydrogen-bond donors (Lipinski definition) is 1. The molecule has 1 spiro atoms. The molecule has 1 amide bonds. The van der Waals surface area contributed by atoms with Crippen LogP contribution in [0.3, 0.4) is 0 Å². The normalized spacial score (nSPS) is 28.4. The van der Waals surface area contributed by atoms with Gasteiger partial charge in [0.05, 0.1) is 22.2 Å². The zero-order valence-corrected chi connectivity index (χ0v) is 16.1. The molecule has 2 bridgehead atoms. The fraction of sp³-hybridized carbons (Fsp3) is 0.571. The average Bonchev–Trinajstić information content (AvgIpc) is 3.31. The molecule has 4 aliphatic rings. The van der Waals surface area contributed by atoms with E-state index in [0.717, 1.165) is 27.1 Å². The molecule has 138 valence electrons. The lowest BCUT2D eigenvalue weighted by atomic mass is 9.77. The highest BCUT2D eigenvalue weighted by Crippen LogP contribution is 2.53. The number of benzene rings is 1. The van der Waals surface area contributed by atoms with Crippen molar-refractivity contribution in [2.75, 3.05) is 19.7 Å². The van der Waals surface area contributed by atoms with Crippen molar-refractivity contribution < 1.29 is 9.53 Å². The number of hydrogen-bond acceptors (Lipinski definition) is 4. The van der Waals surface area contributed by atoms with Crippen LogP contribution in [0.5, 0.6) is 5.75 Å². The number of fused-ring (bicyclic) bond motifs is 3. The Morgan fingerprint density at radius 2 is 2.15 bits per heavy atom. The molecule has 5 heteroatoms. The molecule has 1 N–H and O–H groups in total. The van der Waals surface area contributed by atoms with Gasteiger partial charge in [-0.05, 0) is 68.6 Å². The minimum atomic E-state index is 0.0951. The number of thiophene rings is 1. The molecular weight excluding hydrogens is 344 g/mol. The van der Waals surface area contributed by atoms with Crippen molar-refractivity contribution in [3.05, 3.63) is 29.1 Å². The van der Waals surface area contributed by atoms with Gasteiger partial charge in [0, 0.05) is 5.54 Å². The van der Waals surface area contributed by atoms with E-state index in [0.29, 0.717) is 18.6 Å². The van der Waals surface area contributed by atoms with Crippen molar-refractivity contribution >= 4 is 27.3 Å². The lowest BCUT2D eigenvalue weighted by molar-refractivity contribution is -0.00138. The maximum absolute atomic E-state index is 13.0. The molecule has 1 saturated carbocycles. The van der Waals surface area contributed by atoms with Gasteiger partial charge in [-0.1, -0.05) is 19.1 Å². The first-order valence-corrected chi connectivity index (χ1v) is 10.7. The Balaban J connectivity index is 1.39. The standard InChI is InChI=1S/C21H26N2O2S/c1-2-12-25-16-5-3-4-15-13-17(26-18(15)16)20(24)22-19-14-6-10-23(11-7-14)21(19)8-9-21/h3-5,13-14,19H,2,6-12H2,1H3,(H,22,24). The Bertz CT molecular complexity index is 834. The highest BCUT2D eigenvalue weighted by atomic mass is 32.1. The van der Waals surface area contributed by atoms with Crippen LogP contribution < -0.4 is 10.1 Å². The Hall–Kier alpha value is -1.59. The van der Waals surface area contributed by atoms with Crippen molar-refractivity contribution in [3.8, 4) is 5.75 Å². The number of rotatable bonds is 5. The minimum absolute atomic E-state index is 0.0951. The van der Waals surface area contributed by atoms with E-state index in [-0.39, 0.29) is 11.4 Å². The molecule has 3 saturated heterocycles. The second-order valence-electron chi connectivity index (χ2n) is 8.01. The van der Waals surface area contributed by atoms with Crippen molar-refractivity contribution in [1.29, 1.82) is 0 Å². The Morgan fingerprint density at radius 1 is 1.35 bits per heavy atom. The summed E-state index contributed by atoms with van der Waals surface area (Å²) in [6, 6.07) is 8.43. The van der Waals surface area contributed by atoms with Gasteiger partial charge in [-0.3, -0.25) is 9.69 Å². The molecule has 3 aliphatic heterocycles. The van der Waals surface area contributed by atoms with E-state index < -0.39 is 0 Å². The highest BCUT2D eigenvalue weighted by Gasteiger charge is 2.60. The van der Waals surface area contributed by atoms with Gasteiger partial charge >= 0.3 is 0 Å². The SMILES string of the molecule is CCCOc1cccc2cc(C(=O)NC3C4CCN(CC4)C34CC4)sc12. The van der Waals surface area contributed by atoms with E-state index in [1.807, 2.05) is 18.2 Å². The predicted octanol–water partition coefficient (Wildman–Crippen LogP) is 4.05. The Kier molecular flexibility index (Phi) is 3.98. The Labute approximate surface area is 158 Å². The maximum atomic E-state index is 13.0. The van der Waals surface area contributed by atoms with Crippen LogP contribution in [0.4, 0.5) is 0 Å². The first-order valence-electron chi connectivity index (χ1n) is 9.92. The quantitative estimate of drug-likeness (QED) is 0.863. The molecule has 4 fully saturated rings. The Morgan fingerprint density at radius 3 is 2.88 bits per heavy atom. The summed E-state index contributed by atoms with van der Waals surface area (Å²) in [6.07, 6.45) is 5.94. The largest absolute Gasteiger partial charge is 0.492 e. The monoisotopic (exact) mass is 370 g/mol. The summed E-state index contributed by atoms with van der Waals surface area (Å²) in [7, 11) is 0. The lowest BCUT2D eigenvalue weighted by Gasteiger charge is -2.52. The molecule has 4 nitrogen and oxygen atoms in total. The van der Waals surface area contributed by atoms with Crippen LogP contribution in [0.1, 0.15) is 48.7 Å². The number of piperidine rings is 3. The summed E-state index contributed by atoms with van der Waals surface area (Å²) >= 11 is 1.56. The van der Waals surface area contributed by atoms with E-state index in [2.05, 4.69) is 23.2 Å². The zero-order valence-electron chi connectivity index (χ0n) is 15.3. The van der Waals surface area contributed by atoms with E-state index >= 15 is 0 Å². The second kappa shape index (κ2) is 6.24. The number of ether oxygens (including phenoxy) is 1. The molecular formula is C21H26N2O2S. The summed E-state index contributed by atoms with van der Waals surface area (Å²) in [5, 5.41) is 4.53. The van der Waals surface area contributed by atoms with Crippen LogP contribution in [-0.2, 0) is 0 Å². The third-order valence-corrected chi connectivity index (χ3v) is 7.63. The summed E-state index contributed by atoms with van der Waals surface area (Å²) in [4.78, 5) is 16.5. The third-order valence-electron chi connectivity index (χ3n) is 6.46. The molecule has 1 unspecified atom stereocenters. The smallest absolute Gasteiger partial charge is 0.261 e. The van der Waals surface area contributed by atoms with Crippen molar-refractivity contribution in [3.63, 3.8) is 0 Å². The first-order chi connectivity index (χ1) is 12.7. The van der Waals surface area contributed by atoms with Gasteiger partial charge in [-0.15, -0.1) is 11.3 Å². The molecule has 6 rings (SSSR count). The van der Waals surface area contributed by atoms with E-state index in [1.54, 1.807) is 11.3 Å². The molecule has 26 heavy (non-hydrogen) atoms. The fourth-order valence-corrected chi connectivity index (χ4v) is 6.04. The highest BCUT2D eigenvalue weighted by molar-refractivity contribution is 7.21. The molecule has 1 atom stereocenters. The fourth-order valence-electron chi connectivity index (χ4n) is 5.01. The van der Waals surface area contributed by atoms with E-state index in [4.69, 9.17) is 4.74 Å². The summed E-state index contributed by atoms with van der Waals surface area (Å²) in [5.74, 6) is 1.65. The summed E-state index contributed by atoms with van der Waals surface area (Å²) < 4.78 is 6.95. The molecule has 1 aliphatic carbocycles. The van der Waals surface area contributed by atoms with Crippen LogP contribution in [-0.4, -0.2) is 42.1 Å². The summed E-state index contributed by atoms with van der Waals surface area (Å²) in [5.41, 5.74) is 0.281.